The first kappa shape index (κ1) is 22.2. The van der Waals surface area contributed by atoms with Crippen LogP contribution in [-0.4, -0.2) is 25.5 Å². The zero-order valence-corrected chi connectivity index (χ0v) is 18.9. The van der Waals surface area contributed by atoms with Gasteiger partial charge in [0.2, 0.25) is 5.91 Å². The van der Waals surface area contributed by atoms with Crippen molar-refractivity contribution in [1.29, 1.82) is 0 Å². The average molecular weight is 537 g/mol. The topological polar surface area (TPSA) is 64.7 Å². The van der Waals surface area contributed by atoms with Crippen LogP contribution in [0.15, 0.2) is 28.9 Å². The first-order valence-corrected chi connectivity index (χ1v) is 10.8. The maximum absolute atomic E-state index is 14.0. The Labute approximate surface area is 193 Å². The fourth-order valence-corrected chi connectivity index (χ4v) is 4.40. The molecular weight excluding hydrogens is 522 g/mol. The first-order valence-electron chi connectivity index (χ1n) is 9.24. The van der Waals surface area contributed by atoms with Gasteiger partial charge in [0, 0.05) is 22.7 Å². The molecule has 31 heavy (non-hydrogen) atoms. The molecule has 1 fully saturated rings. The molecule has 1 aliphatic carbocycles. The molecule has 1 amide bonds. The van der Waals surface area contributed by atoms with Crippen LogP contribution in [0.5, 0.6) is 0 Å². The molecule has 6 nitrogen and oxygen atoms in total. The highest BCUT2D eigenvalue weighted by atomic mass is 79.9. The van der Waals surface area contributed by atoms with E-state index in [9.17, 15) is 18.0 Å². The Morgan fingerprint density at radius 2 is 2.00 bits per heavy atom. The van der Waals surface area contributed by atoms with Crippen molar-refractivity contribution >= 4 is 50.9 Å². The maximum atomic E-state index is 14.0. The van der Waals surface area contributed by atoms with Crippen LogP contribution in [0.4, 0.5) is 19.0 Å². The largest absolute Gasteiger partial charge is 0.306 e. The van der Waals surface area contributed by atoms with E-state index in [1.54, 1.807) is 6.07 Å². The zero-order chi connectivity index (χ0) is 22.3. The number of carbonyl (C=O) groups excluding carboxylic acids is 1. The van der Waals surface area contributed by atoms with E-state index < -0.39 is 23.8 Å². The summed E-state index contributed by atoms with van der Waals surface area (Å²) in [4.78, 5) is 12.5. The maximum Gasteiger partial charge on any atom is 0.283 e. The van der Waals surface area contributed by atoms with E-state index in [0.717, 1.165) is 12.8 Å². The molecule has 2 aromatic heterocycles. The van der Waals surface area contributed by atoms with E-state index >= 15 is 0 Å². The van der Waals surface area contributed by atoms with Crippen LogP contribution in [-0.2, 0) is 17.9 Å². The highest BCUT2D eigenvalue weighted by Gasteiger charge is 2.34. The normalized spacial score (nSPS) is 13.8. The molecule has 0 bridgehead atoms. The summed E-state index contributed by atoms with van der Waals surface area (Å²) in [6.07, 6.45) is 0.369. The van der Waals surface area contributed by atoms with Gasteiger partial charge in [-0.25, -0.2) is 13.2 Å². The lowest BCUT2D eigenvalue weighted by Crippen LogP contribution is -2.21. The van der Waals surface area contributed by atoms with Crippen LogP contribution in [0.3, 0.4) is 0 Å². The SMILES string of the molecule is O=C(Cn1nc(C(F)F)c(Br)c1C1CC1)Nc1nn(Cc2c(F)cccc2Cl)cc1Cl. The summed E-state index contributed by atoms with van der Waals surface area (Å²) in [7, 11) is 0. The van der Waals surface area contributed by atoms with Crippen LogP contribution in [0.1, 0.15) is 42.1 Å². The molecule has 0 unspecified atom stereocenters. The van der Waals surface area contributed by atoms with E-state index in [2.05, 4.69) is 31.4 Å². The van der Waals surface area contributed by atoms with E-state index in [-0.39, 0.29) is 44.9 Å². The van der Waals surface area contributed by atoms with Gasteiger partial charge in [-0.3, -0.25) is 14.2 Å². The number of aromatic nitrogens is 4. The fraction of sp³-hybridized carbons (Fsp3) is 0.316. The molecule has 12 heteroatoms. The molecule has 0 saturated heterocycles. The molecular formula is C19H15BrCl2F3N5O. The molecule has 3 aromatic rings. The molecule has 0 radical (unpaired) electrons. The molecule has 1 aromatic carbocycles. The quantitative estimate of drug-likeness (QED) is 0.415. The first-order chi connectivity index (χ1) is 14.7. The summed E-state index contributed by atoms with van der Waals surface area (Å²) in [5.74, 6) is -0.868. The van der Waals surface area contributed by atoms with Gasteiger partial charge in [0.1, 0.15) is 23.1 Å². The number of nitrogens with zero attached hydrogens (tertiary/aromatic N) is 4. The second-order valence-corrected chi connectivity index (χ2v) is 8.70. The Morgan fingerprint density at radius 1 is 1.26 bits per heavy atom. The minimum absolute atomic E-state index is 0.0107. The lowest BCUT2D eigenvalue weighted by Gasteiger charge is -2.08. The van der Waals surface area contributed by atoms with Crippen molar-refractivity contribution in [2.75, 3.05) is 5.32 Å². The smallest absolute Gasteiger partial charge is 0.283 e. The van der Waals surface area contributed by atoms with Gasteiger partial charge < -0.3 is 5.32 Å². The predicted octanol–water partition coefficient (Wildman–Crippen LogP) is 5.79. The average Bonchev–Trinajstić information content (AvgIpc) is 3.39. The Bertz CT molecular complexity index is 1130. The Kier molecular flexibility index (Phi) is 6.32. The van der Waals surface area contributed by atoms with E-state index in [0.29, 0.717) is 5.69 Å². The monoisotopic (exact) mass is 535 g/mol. The molecule has 1 saturated carbocycles. The van der Waals surface area contributed by atoms with Gasteiger partial charge >= 0.3 is 0 Å². The highest BCUT2D eigenvalue weighted by molar-refractivity contribution is 9.10. The van der Waals surface area contributed by atoms with Gasteiger partial charge in [-0.2, -0.15) is 10.2 Å². The van der Waals surface area contributed by atoms with Crippen molar-refractivity contribution < 1.29 is 18.0 Å². The van der Waals surface area contributed by atoms with Gasteiger partial charge in [-0.05, 0) is 40.9 Å². The number of alkyl halides is 2. The number of amides is 1. The number of halogens is 6. The standard InChI is InChI=1S/C19H15BrCl2F3N5O/c20-15-16(18(24)25)27-30(17(15)9-4-5-9)8-14(31)26-19-12(22)7-29(28-19)6-10-11(21)2-1-3-13(10)23/h1-3,7,9,18H,4-6,8H2,(H,26,28,31). The molecule has 1 aliphatic rings. The number of benzene rings is 1. The molecule has 1 N–H and O–H groups in total. The van der Waals surface area contributed by atoms with Gasteiger partial charge in [0.25, 0.3) is 6.43 Å². The Morgan fingerprint density at radius 3 is 2.65 bits per heavy atom. The third-order valence-corrected chi connectivity index (χ3v) is 6.22. The molecule has 164 valence electrons. The van der Waals surface area contributed by atoms with E-state index in [4.69, 9.17) is 23.2 Å². The number of hydrogen-bond acceptors (Lipinski definition) is 3. The lowest BCUT2D eigenvalue weighted by molar-refractivity contribution is -0.117. The number of nitrogens with one attached hydrogen (secondary N) is 1. The molecule has 0 atom stereocenters. The van der Waals surface area contributed by atoms with E-state index in [1.807, 2.05) is 0 Å². The van der Waals surface area contributed by atoms with Crippen molar-refractivity contribution in [1.82, 2.24) is 19.6 Å². The van der Waals surface area contributed by atoms with Crippen molar-refractivity contribution in [3.8, 4) is 0 Å². The van der Waals surface area contributed by atoms with Crippen LogP contribution in [0.25, 0.3) is 0 Å². The van der Waals surface area contributed by atoms with Crippen molar-refractivity contribution in [2.45, 2.75) is 38.3 Å². The van der Waals surface area contributed by atoms with Crippen molar-refractivity contribution in [3.05, 3.63) is 61.7 Å². The minimum atomic E-state index is -2.76. The zero-order valence-electron chi connectivity index (χ0n) is 15.8. The summed E-state index contributed by atoms with van der Waals surface area (Å²) in [5.41, 5.74) is 0.422. The van der Waals surface area contributed by atoms with Gasteiger partial charge in [0.15, 0.2) is 5.82 Å². The number of anilines is 1. The Balaban J connectivity index is 1.49. The fourth-order valence-electron chi connectivity index (χ4n) is 3.19. The van der Waals surface area contributed by atoms with Crippen LogP contribution in [0, 0.1) is 5.82 Å². The van der Waals surface area contributed by atoms with Crippen LogP contribution < -0.4 is 5.32 Å². The van der Waals surface area contributed by atoms with Gasteiger partial charge in [-0.1, -0.05) is 29.3 Å². The lowest BCUT2D eigenvalue weighted by atomic mass is 10.2. The number of hydrogen-bond donors (Lipinski definition) is 1. The molecule has 4 rings (SSSR count). The van der Waals surface area contributed by atoms with Crippen molar-refractivity contribution in [2.24, 2.45) is 0 Å². The second-order valence-electron chi connectivity index (χ2n) is 7.09. The molecule has 0 spiro atoms. The number of carbonyl (C=O) groups is 1. The van der Waals surface area contributed by atoms with Crippen LogP contribution >= 0.6 is 39.1 Å². The highest BCUT2D eigenvalue weighted by Crippen LogP contribution is 2.45. The predicted molar refractivity (Wildman–Crippen MR) is 113 cm³/mol. The summed E-state index contributed by atoms with van der Waals surface area (Å²) < 4.78 is 43.3. The summed E-state index contributed by atoms with van der Waals surface area (Å²) in [6, 6.07) is 4.33. The summed E-state index contributed by atoms with van der Waals surface area (Å²) >= 11 is 15.4. The van der Waals surface area contributed by atoms with E-state index in [1.165, 1.54) is 27.7 Å². The van der Waals surface area contributed by atoms with Gasteiger partial charge in [-0.15, -0.1) is 0 Å². The number of rotatable bonds is 7. The molecule has 2 heterocycles. The third kappa shape index (κ3) is 4.75. The third-order valence-electron chi connectivity index (χ3n) is 4.78. The minimum Gasteiger partial charge on any atom is -0.306 e. The molecule has 0 aliphatic heterocycles. The van der Waals surface area contributed by atoms with Gasteiger partial charge in [0.05, 0.1) is 16.7 Å². The van der Waals surface area contributed by atoms with Crippen molar-refractivity contribution in [3.63, 3.8) is 0 Å². The second kappa shape index (κ2) is 8.84. The summed E-state index contributed by atoms with van der Waals surface area (Å²) in [5, 5.41) is 11.0. The summed E-state index contributed by atoms with van der Waals surface area (Å²) in [6.45, 7) is -0.268. The Hall–Kier alpha value is -2.04. The van der Waals surface area contributed by atoms with Crippen LogP contribution in [0.2, 0.25) is 10.0 Å².